The topological polar surface area (TPSA) is 342 Å². The number of benzene rings is 4. The lowest BCUT2D eigenvalue weighted by atomic mass is 9.55. The van der Waals surface area contributed by atoms with E-state index in [1.165, 1.54) is 53.0 Å². The van der Waals surface area contributed by atoms with Crippen molar-refractivity contribution >= 4 is 125 Å². The number of rotatable bonds is 23. The van der Waals surface area contributed by atoms with Gasteiger partial charge in [-0.15, -0.1) is 22.7 Å². The molecule has 4 aliphatic carbocycles. The van der Waals surface area contributed by atoms with Gasteiger partial charge in [0.15, 0.2) is 6.23 Å². The van der Waals surface area contributed by atoms with Crippen molar-refractivity contribution in [3.63, 3.8) is 0 Å². The lowest BCUT2D eigenvalue weighted by molar-refractivity contribution is -0.142. The Morgan fingerprint density at radius 3 is 1.75 bits per heavy atom. The largest absolute Gasteiger partial charge is 0.433 e. The number of imide groups is 4. The van der Waals surface area contributed by atoms with Crippen LogP contribution in [0.3, 0.4) is 0 Å². The SMILES string of the molecule is CN(CC1CCC(c2nc3cc(C(C)(C)O)c(NC(=O)c4cccc(C(F)(F)F)n4)cc3s2)CC1)C1CCC2(CC1)CC(CNc1cc(N3C(=O)CCC(N4C(=O)c5cccc(NCC6CCN(CC7CCC(c8nc9cc(C(C)(C)O)c(NC(O)c%10cccc(C(F)(F)F)n%10)cc9s8)CC7)CC6)c5C4=O)C3=O)cc3c1C(=O)N(C1CCC(=O)NC1=O)C3=O)C2. The number of hydrogen-bond donors (Lipinski definition) is 8. The summed E-state index contributed by atoms with van der Waals surface area (Å²) in [7, 11) is 2.21. The van der Waals surface area contributed by atoms with Crippen molar-refractivity contribution < 1.29 is 84.8 Å². The molecule has 9 amide bonds. The molecule has 0 bridgehead atoms. The van der Waals surface area contributed by atoms with Crippen LogP contribution < -0.4 is 31.5 Å². The zero-order chi connectivity index (χ0) is 88.3. The Hall–Kier alpha value is -10.2. The van der Waals surface area contributed by atoms with Crippen molar-refractivity contribution in [2.45, 2.75) is 216 Å². The number of carbonyl (C=O) groups excluding carboxylic acids is 9. The summed E-state index contributed by atoms with van der Waals surface area (Å²) in [6.07, 6.45) is 3.69. The van der Waals surface area contributed by atoms with Gasteiger partial charge in [0.25, 0.3) is 35.4 Å². The number of pyridine rings is 2. The van der Waals surface area contributed by atoms with Crippen LogP contribution in [0.2, 0.25) is 0 Å². The van der Waals surface area contributed by atoms with Crippen LogP contribution in [0, 0.1) is 29.1 Å². The van der Waals surface area contributed by atoms with E-state index < -0.39 is 112 Å². The van der Waals surface area contributed by atoms with E-state index in [0.29, 0.717) is 64.5 Å². The minimum atomic E-state index is -4.74. The first kappa shape index (κ1) is 86.9. The monoisotopic (exact) mass is 1760 g/mol. The number of aromatic nitrogens is 4. The molecule has 3 saturated heterocycles. The number of anilines is 5. The minimum absolute atomic E-state index is 0.0500. The van der Waals surface area contributed by atoms with Gasteiger partial charge in [0, 0.05) is 90.8 Å². The number of amides is 9. The van der Waals surface area contributed by atoms with Crippen molar-refractivity contribution in [1.82, 2.24) is 44.9 Å². The van der Waals surface area contributed by atoms with Gasteiger partial charge in [-0.2, -0.15) is 26.3 Å². The van der Waals surface area contributed by atoms with Crippen molar-refractivity contribution in [1.29, 1.82) is 0 Å². The number of aliphatic hydroxyl groups excluding tert-OH is 1. The smallest absolute Gasteiger partial charge is 0.386 e. The van der Waals surface area contributed by atoms with E-state index in [2.05, 4.69) is 53.4 Å². The summed E-state index contributed by atoms with van der Waals surface area (Å²) < 4.78 is 82.5. The fourth-order valence-electron chi connectivity index (χ4n) is 20.7. The van der Waals surface area contributed by atoms with Crippen molar-refractivity contribution in [2.75, 3.05) is 72.5 Å². The zero-order valence-corrected chi connectivity index (χ0v) is 71.6. The molecule has 8 aromatic rings. The zero-order valence-electron chi connectivity index (χ0n) is 69.9. The second-order valence-corrected chi connectivity index (χ2v) is 39.0. The standard InChI is InChI=1S/C91H100F6N14O12S2/c1-87(2,122)57-37-64-69(39-62(57)102-77(114)60-11-7-13-71(100-60)90(92,93)94)124-80(104-64)51-19-15-48(16-20-51)45-107(5)53-27-31-89(32-28-53)41-50(42-89)44-99-66-36-54(35-56-76(66)86(121)110(83(56)118)67-23-25-73(112)106-79(67)116)109-74(113)26-24-68(84(109)119)111-82(117)55-9-6-10-59(75(55)85(111)120)98-43-47-29-33-108(34-30-47)46-49-17-21-52(22-18-49)81-105-65-38-58(88(3,4)123)63(40-70(65)125-81)103-78(115)61-12-8-14-72(101-61)91(95,96)97/h6-14,35-40,47-53,67-68,78,98-99,103,115,122-123H,15-34,41-46H2,1-5H3,(H,102,114)(H,106,112,116). The molecule has 26 nitrogen and oxygen atoms in total. The van der Waals surface area contributed by atoms with E-state index in [-0.39, 0.29) is 99.8 Å². The van der Waals surface area contributed by atoms with Crippen LogP contribution in [0.15, 0.2) is 91.0 Å². The maximum Gasteiger partial charge on any atom is 0.433 e. The molecule has 3 atom stereocenters. The van der Waals surface area contributed by atoms with Gasteiger partial charge in [0.1, 0.15) is 29.2 Å². The summed E-state index contributed by atoms with van der Waals surface area (Å²) in [6, 6.07) is 18.8. The molecule has 125 heavy (non-hydrogen) atoms. The van der Waals surface area contributed by atoms with E-state index in [9.17, 15) is 80.0 Å². The number of hydrogen-bond acceptors (Lipinski definition) is 23. The molecule has 34 heteroatoms. The first-order chi connectivity index (χ1) is 59.4. The normalized spacial score (nSPS) is 24.6. The third-order valence-corrected chi connectivity index (χ3v) is 29.8. The predicted octanol–water partition coefficient (Wildman–Crippen LogP) is 15.0. The Labute approximate surface area is 725 Å². The van der Waals surface area contributed by atoms with Gasteiger partial charge in [-0.25, -0.2) is 24.8 Å². The highest BCUT2D eigenvalue weighted by atomic mass is 32.1. The molecule has 4 aromatic carbocycles. The van der Waals surface area contributed by atoms with Crippen molar-refractivity contribution in [3.05, 3.63) is 157 Å². The molecule has 1 spiro atoms. The quantitative estimate of drug-likeness (QED) is 0.0167. The van der Waals surface area contributed by atoms with Gasteiger partial charge < -0.3 is 46.4 Å². The molecular weight excluding hydrogens is 1660 g/mol. The number of halogens is 6. The molecular formula is C91H100F6N14O12S2. The molecule has 9 heterocycles. The minimum Gasteiger partial charge on any atom is -0.386 e. The fourth-order valence-corrected chi connectivity index (χ4v) is 23.0. The molecule has 8 N–H and O–H groups in total. The maximum absolute atomic E-state index is 15.2. The number of alkyl halides is 6. The summed E-state index contributed by atoms with van der Waals surface area (Å²) in [6.45, 7) is 10.8. The molecule has 17 rings (SSSR count). The second kappa shape index (κ2) is 33.8. The molecule has 5 aliphatic heterocycles. The van der Waals surface area contributed by atoms with Crippen LogP contribution in [0.5, 0.6) is 0 Å². The highest BCUT2D eigenvalue weighted by Gasteiger charge is 2.53. The lowest BCUT2D eigenvalue weighted by Crippen LogP contribution is -2.56. The number of nitrogens with zero attached hydrogens (tertiary/aromatic N) is 9. The van der Waals surface area contributed by atoms with Crippen molar-refractivity contribution in [2.24, 2.45) is 29.1 Å². The number of nitrogens with one attached hydrogen (secondary N) is 5. The number of likely N-dealkylation sites (tertiary alicyclic amines) is 1. The number of fused-ring (bicyclic) bond motifs is 4. The number of thiazole rings is 2. The second-order valence-electron chi connectivity index (χ2n) is 36.9. The van der Waals surface area contributed by atoms with Gasteiger partial charge >= 0.3 is 12.4 Å². The highest BCUT2D eigenvalue weighted by molar-refractivity contribution is 7.19. The first-order valence-corrected chi connectivity index (χ1v) is 44.9. The molecule has 4 aromatic heterocycles. The molecule has 660 valence electrons. The van der Waals surface area contributed by atoms with E-state index >= 15 is 4.79 Å². The summed E-state index contributed by atoms with van der Waals surface area (Å²) in [4.78, 5) is 152. The summed E-state index contributed by atoms with van der Waals surface area (Å²) >= 11 is 3.04. The Morgan fingerprint density at radius 1 is 0.576 bits per heavy atom. The van der Waals surface area contributed by atoms with E-state index in [4.69, 9.17) is 9.97 Å². The fraction of sp³-hybridized carbons (Fsp3) is 0.505. The summed E-state index contributed by atoms with van der Waals surface area (Å²) in [5.74, 6) is -5.01. The molecule has 0 radical (unpaired) electrons. The Bertz CT molecular complexity index is 5630. The molecule has 4 saturated carbocycles. The number of carbonyl (C=O) groups is 9. The summed E-state index contributed by atoms with van der Waals surface area (Å²) in [5.41, 5.74) is -2.41. The Kier molecular flexibility index (Phi) is 23.5. The van der Waals surface area contributed by atoms with E-state index in [1.54, 1.807) is 70.2 Å². The van der Waals surface area contributed by atoms with Gasteiger partial charge in [0.2, 0.25) is 17.7 Å². The third-order valence-electron chi connectivity index (χ3n) is 27.4. The number of piperidine rings is 3. The van der Waals surface area contributed by atoms with Crippen LogP contribution in [0.25, 0.3) is 20.4 Å². The van der Waals surface area contributed by atoms with Gasteiger partial charge in [-0.05, 0) is 265 Å². The average Bonchev–Trinajstić information content (AvgIpc) is 1.57. The molecule has 3 unspecified atom stereocenters. The van der Waals surface area contributed by atoms with Gasteiger partial charge in [-0.1, -0.05) is 18.2 Å². The average molecular weight is 1760 g/mol. The van der Waals surface area contributed by atoms with Crippen LogP contribution in [0.4, 0.5) is 54.8 Å². The molecule has 9 aliphatic rings. The number of aliphatic hydroxyl groups is 3. The van der Waals surface area contributed by atoms with Crippen LogP contribution in [-0.4, -0.2) is 172 Å². The van der Waals surface area contributed by atoms with Crippen LogP contribution in [0.1, 0.15) is 264 Å². The van der Waals surface area contributed by atoms with Gasteiger partial charge in [-0.3, -0.25) is 58.3 Å². The highest BCUT2D eigenvalue weighted by Crippen LogP contribution is 2.56. The van der Waals surface area contributed by atoms with Crippen LogP contribution >= 0.6 is 22.7 Å². The van der Waals surface area contributed by atoms with Crippen LogP contribution in [-0.2, 0) is 42.7 Å². The predicted molar refractivity (Wildman–Crippen MR) is 456 cm³/mol. The molecule has 7 fully saturated rings. The first-order valence-electron chi connectivity index (χ1n) is 43.3. The third kappa shape index (κ3) is 17.7. The Balaban J connectivity index is 0.493. The van der Waals surface area contributed by atoms with Gasteiger partial charge in [0.05, 0.1) is 75.3 Å². The maximum atomic E-state index is 15.2. The van der Waals surface area contributed by atoms with E-state index in [0.717, 1.165) is 181 Å². The van der Waals surface area contributed by atoms with Crippen molar-refractivity contribution in [3.8, 4) is 0 Å². The summed E-state index contributed by atoms with van der Waals surface area (Å²) in [5, 5.41) is 50.1. The van der Waals surface area contributed by atoms with E-state index in [1.807, 2.05) is 0 Å². The Morgan fingerprint density at radius 2 is 1.13 bits per heavy atom. The lowest BCUT2D eigenvalue weighted by Gasteiger charge is -2.53.